The van der Waals surface area contributed by atoms with Crippen LogP contribution in [0, 0.1) is 17.6 Å². The first-order valence-electron chi connectivity index (χ1n) is 7.16. The van der Waals surface area contributed by atoms with Gasteiger partial charge in [0.05, 0.1) is 18.1 Å². The summed E-state index contributed by atoms with van der Waals surface area (Å²) < 4.78 is 63.8. The number of sulfonamides is 1. The Morgan fingerprint density at radius 2 is 1.73 bits per heavy atom. The van der Waals surface area contributed by atoms with Crippen LogP contribution in [0.1, 0.15) is 12.8 Å². The van der Waals surface area contributed by atoms with E-state index in [0.717, 1.165) is 18.6 Å². The molecule has 0 amide bonds. The average molecular weight is 333 g/mol. The summed E-state index contributed by atoms with van der Waals surface area (Å²) in [5, 5.41) is 0. The van der Waals surface area contributed by atoms with E-state index in [4.69, 9.17) is 9.47 Å². The Balaban J connectivity index is 1.81. The van der Waals surface area contributed by atoms with Crippen molar-refractivity contribution in [3.63, 3.8) is 0 Å². The Bertz CT molecular complexity index is 626. The van der Waals surface area contributed by atoms with E-state index in [0.29, 0.717) is 32.2 Å². The Morgan fingerprint density at radius 3 is 2.36 bits per heavy atom. The van der Waals surface area contributed by atoms with Gasteiger partial charge in [0.1, 0.15) is 11.6 Å². The van der Waals surface area contributed by atoms with Gasteiger partial charge < -0.3 is 9.47 Å². The normalized spacial score (nSPS) is 24.7. The van der Waals surface area contributed by atoms with Crippen molar-refractivity contribution in [1.29, 1.82) is 0 Å². The summed E-state index contributed by atoms with van der Waals surface area (Å²) in [5.41, 5.74) is 0. The van der Waals surface area contributed by atoms with Crippen molar-refractivity contribution in [1.82, 2.24) is 4.31 Å². The topological polar surface area (TPSA) is 55.8 Å². The molecule has 2 fully saturated rings. The molecule has 22 heavy (non-hydrogen) atoms. The summed E-state index contributed by atoms with van der Waals surface area (Å²) in [6, 6.07) is 2.33. The number of piperidine rings is 1. The lowest BCUT2D eigenvalue weighted by molar-refractivity contribution is -0.0940. The second-order valence-electron chi connectivity index (χ2n) is 5.48. The van der Waals surface area contributed by atoms with E-state index in [9.17, 15) is 17.2 Å². The molecule has 0 spiro atoms. The van der Waals surface area contributed by atoms with Crippen molar-refractivity contribution in [2.75, 3.05) is 26.3 Å². The Kier molecular flexibility index (Phi) is 4.44. The number of nitrogens with zero attached hydrogens (tertiary/aromatic N) is 1. The highest BCUT2D eigenvalue weighted by Gasteiger charge is 2.36. The van der Waals surface area contributed by atoms with E-state index in [1.165, 1.54) is 4.31 Å². The quantitative estimate of drug-likeness (QED) is 0.845. The Labute approximate surface area is 127 Å². The molecule has 2 heterocycles. The molecule has 3 rings (SSSR count). The first kappa shape index (κ1) is 15.8. The minimum Gasteiger partial charge on any atom is -0.350 e. The van der Waals surface area contributed by atoms with Gasteiger partial charge in [0.15, 0.2) is 6.29 Å². The van der Waals surface area contributed by atoms with E-state index in [-0.39, 0.29) is 17.4 Å². The summed E-state index contributed by atoms with van der Waals surface area (Å²) >= 11 is 0. The van der Waals surface area contributed by atoms with Gasteiger partial charge >= 0.3 is 0 Å². The van der Waals surface area contributed by atoms with Crippen LogP contribution in [0.5, 0.6) is 0 Å². The number of rotatable bonds is 3. The maximum absolute atomic E-state index is 13.3. The molecule has 1 unspecified atom stereocenters. The molecule has 2 saturated heterocycles. The van der Waals surface area contributed by atoms with Crippen LogP contribution in [-0.2, 0) is 19.5 Å². The molecule has 2 aliphatic heterocycles. The van der Waals surface area contributed by atoms with Crippen molar-refractivity contribution < 1.29 is 26.7 Å². The predicted octanol–water partition coefficient (Wildman–Crippen LogP) is 1.74. The van der Waals surface area contributed by atoms with Gasteiger partial charge in [-0.3, -0.25) is 0 Å². The van der Waals surface area contributed by atoms with Gasteiger partial charge in [-0.1, -0.05) is 0 Å². The Hall–Kier alpha value is -1.09. The second-order valence-corrected chi connectivity index (χ2v) is 7.42. The lowest BCUT2D eigenvalue weighted by Gasteiger charge is -2.33. The number of hydrogen-bond acceptors (Lipinski definition) is 4. The molecule has 122 valence electrons. The third-order valence-corrected chi connectivity index (χ3v) is 5.77. The SMILES string of the molecule is O=S(=O)(c1cc(F)cc(F)c1)N1CCCC(C2OCCO2)C1. The van der Waals surface area contributed by atoms with Gasteiger partial charge in [-0.25, -0.2) is 17.2 Å². The van der Waals surface area contributed by atoms with E-state index < -0.39 is 27.9 Å². The average Bonchev–Trinajstić information content (AvgIpc) is 3.00. The fraction of sp³-hybridized carbons (Fsp3) is 0.571. The monoisotopic (exact) mass is 333 g/mol. The third kappa shape index (κ3) is 3.15. The molecule has 0 aromatic heterocycles. The van der Waals surface area contributed by atoms with Crippen LogP contribution in [0.25, 0.3) is 0 Å². The van der Waals surface area contributed by atoms with Crippen LogP contribution in [0.2, 0.25) is 0 Å². The molecule has 1 aromatic rings. The summed E-state index contributed by atoms with van der Waals surface area (Å²) in [4.78, 5) is -0.362. The van der Waals surface area contributed by atoms with E-state index in [1.807, 2.05) is 0 Å². The fourth-order valence-corrected chi connectivity index (χ4v) is 4.47. The lowest BCUT2D eigenvalue weighted by Crippen LogP contribution is -2.43. The highest BCUT2D eigenvalue weighted by Crippen LogP contribution is 2.29. The van der Waals surface area contributed by atoms with Crippen LogP contribution in [0.3, 0.4) is 0 Å². The minimum atomic E-state index is -3.93. The van der Waals surface area contributed by atoms with Crippen molar-refractivity contribution in [3.05, 3.63) is 29.8 Å². The van der Waals surface area contributed by atoms with Crippen LogP contribution in [0.4, 0.5) is 8.78 Å². The smallest absolute Gasteiger partial charge is 0.243 e. The molecule has 0 saturated carbocycles. The van der Waals surface area contributed by atoms with E-state index >= 15 is 0 Å². The van der Waals surface area contributed by atoms with Gasteiger partial charge in [0, 0.05) is 25.1 Å². The maximum atomic E-state index is 13.3. The summed E-state index contributed by atoms with van der Waals surface area (Å²) in [6.07, 6.45) is 1.06. The van der Waals surface area contributed by atoms with Crippen LogP contribution in [-0.4, -0.2) is 45.3 Å². The summed E-state index contributed by atoms with van der Waals surface area (Å²) in [6.45, 7) is 1.56. The minimum absolute atomic E-state index is 0.0653. The number of halogens is 2. The molecule has 0 aliphatic carbocycles. The van der Waals surface area contributed by atoms with E-state index in [1.54, 1.807) is 0 Å². The largest absolute Gasteiger partial charge is 0.350 e. The van der Waals surface area contributed by atoms with Gasteiger partial charge in [-0.15, -0.1) is 0 Å². The van der Waals surface area contributed by atoms with Crippen LogP contribution < -0.4 is 0 Å². The fourth-order valence-electron chi connectivity index (χ4n) is 2.89. The molecule has 8 heteroatoms. The molecule has 1 atom stereocenters. The molecule has 0 bridgehead atoms. The molecule has 0 radical (unpaired) electrons. The van der Waals surface area contributed by atoms with Crippen LogP contribution in [0.15, 0.2) is 23.1 Å². The standard InChI is InChI=1S/C14H17F2NO4S/c15-11-6-12(16)8-13(7-11)22(18,19)17-3-1-2-10(9-17)14-20-4-5-21-14/h6-8,10,14H,1-5,9H2. The van der Waals surface area contributed by atoms with Gasteiger partial charge in [-0.2, -0.15) is 4.31 Å². The van der Waals surface area contributed by atoms with Crippen molar-refractivity contribution in [2.45, 2.75) is 24.0 Å². The highest BCUT2D eigenvalue weighted by molar-refractivity contribution is 7.89. The maximum Gasteiger partial charge on any atom is 0.243 e. The number of ether oxygens (including phenoxy) is 2. The molecule has 2 aliphatic rings. The predicted molar refractivity (Wildman–Crippen MR) is 73.5 cm³/mol. The molecule has 1 aromatic carbocycles. The lowest BCUT2D eigenvalue weighted by atomic mass is 9.99. The van der Waals surface area contributed by atoms with Crippen molar-refractivity contribution in [3.8, 4) is 0 Å². The molecule has 5 nitrogen and oxygen atoms in total. The zero-order valence-corrected chi connectivity index (χ0v) is 12.7. The Morgan fingerprint density at radius 1 is 1.09 bits per heavy atom. The van der Waals surface area contributed by atoms with Crippen molar-refractivity contribution >= 4 is 10.0 Å². The first-order chi connectivity index (χ1) is 10.5. The van der Waals surface area contributed by atoms with Gasteiger partial charge in [-0.05, 0) is 25.0 Å². The van der Waals surface area contributed by atoms with Crippen LogP contribution >= 0.6 is 0 Å². The summed E-state index contributed by atoms with van der Waals surface area (Å²) in [7, 11) is -3.93. The second kappa shape index (κ2) is 6.19. The van der Waals surface area contributed by atoms with Gasteiger partial charge in [0.25, 0.3) is 0 Å². The third-order valence-electron chi connectivity index (χ3n) is 3.93. The molecular weight excluding hydrogens is 316 g/mol. The number of benzene rings is 1. The zero-order chi connectivity index (χ0) is 15.7. The van der Waals surface area contributed by atoms with Gasteiger partial charge in [0.2, 0.25) is 10.0 Å². The first-order valence-corrected chi connectivity index (χ1v) is 8.60. The highest BCUT2D eigenvalue weighted by atomic mass is 32.2. The zero-order valence-electron chi connectivity index (χ0n) is 11.9. The van der Waals surface area contributed by atoms with Crippen molar-refractivity contribution in [2.24, 2.45) is 5.92 Å². The summed E-state index contributed by atoms with van der Waals surface area (Å²) in [5.74, 6) is -1.88. The molecule has 0 N–H and O–H groups in total. The van der Waals surface area contributed by atoms with E-state index in [2.05, 4.69) is 0 Å². The number of hydrogen-bond donors (Lipinski definition) is 0. The molecular formula is C14H17F2NO4S.